The van der Waals surface area contributed by atoms with Gasteiger partial charge in [-0.2, -0.15) is 0 Å². The first kappa shape index (κ1) is 20.0. The first-order valence-electron chi connectivity index (χ1n) is 8.45. The summed E-state index contributed by atoms with van der Waals surface area (Å²) in [6.07, 6.45) is -0.209. The predicted octanol–water partition coefficient (Wildman–Crippen LogP) is 3.09. The largest absolute Gasteiger partial charge is 0.459 e. The summed E-state index contributed by atoms with van der Waals surface area (Å²) < 4.78 is 10.1. The van der Waals surface area contributed by atoms with Crippen LogP contribution in [0.5, 0.6) is 0 Å². The van der Waals surface area contributed by atoms with Gasteiger partial charge in [0.15, 0.2) is 6.61 Å². The summed E-state index contributed by atoms with van der Waals surface area (Å²) in [6, 6.07) is 13.1. The number of benzene rings is 2. The fourth-order valence-electron chi connectivity index (χ4n) is 2.26. The molecule has 2 aromatic rings. The minimum Gasteiger partial charge on any atom is -0.459 e. The number of carbonyl (C=O) groups is 3. The molecule has 0 saturated carbocycles. The van der Waals surface area contributed by atoms with Crippen molar-refractivity contribution >= 4 is 29.2 Å². The van der Waals surface area contributed by atoms with E-state index in [4.69, 9.17) is 9.47 Å². The Hall–Kier alpha value is -3.35. The Kier molecular flexibility index (Phi) is 6.93. The molecule has 0 aliphatic carbocycles. The Balaban J connectivity index is 1.88. The molecule has 0 fully saturated rings. The number of anilines is 2. The third-order valence-electron chi connectivity index (χ3n) is 3.50. The number of hydrogen-bond donors (Lipinski definition) is 2. The second-order valence-electron chi connectivity index (χ2n) is 5.95. The van der Waals surface area contributed by atoms with Crippen LogP contribution < -0.4 is 10.6 Å². The lowest BCUT2D eigenvalue weighted by molar-refractivity contribution is -0.119. The number of nitrogens with one attached hydrogen (secondary N) is 2. The summed E-state index contributed by atoms with van der Waals surface area (Å²) in [5.41, 5.74) is 1.83. The molecule has 0 aliphatic heterocycles. The minimum absolute atomic E-state index is 0.209. The average molecular weight is 370 g/mol. The first-order valence-corrected chi connectivity index (χ1v) is 8.45. The number of rotatable bonds is 7. The molecule has 0 bridgehead atoms. The lowest BCUT2D eigenvalue weighted by Gasteiger charge is -2.10. The topological polar surface area (TPSA) is 93.7 Å². The van der Waals surface area contributed by atoms with E-state index in [0.29, 0.717) is 22.5 Å². The molecule has 0 spiro atoms. The molecule has 7 heteroatoms. The number of amides is 1. The van der Waals surface area contributed by atoms with E-state index in [0.717, 1.165) is 0 Å². The standard InChI is InChI=1S/C20H22N2O5/c1-13(2)27-19(24)14-8-10-15(11-9-14)22-18(23)12-26-20(25)16-6-4-5-7-17(16)21-3/h4-11,13,21H,12H2,1-3H3,(H,22,23). The van der Waals surface area contributed by atoms with Crippen molar-refractivity contribution in [2.24, 2.45) is 0 Å². The molecule has 2 N–H and O–H groups in total. The van der Waals surface area contributed by atoms with Crippen molar-refractivity contribution in [2.75, 3.05) is 24.3 Å². The molecule has 0 aliphatic rings. The van der Waals surface area contributed by atoms with Crippen molar-refractivity contribution in [3.63, 3.8) is 0 Å². The summed E-state index contributed by atoms with van der Waals surface area (Å²) in [5, 5.41) is 5.49. The van der Waals surface area contributed by atoms with E-state index >= 15 is 0 Å². The SMILES string of the molecule is CNc1ccccc1C(=O)OCC(=O)Nc1ccc(C(=O)OC(C)C)cc1. The fourth-order valence-corrected chi connectivity index (χ4v) is 2.26. The summed E-state index contributed by atoms with van der Waals surface area (Å²) in [4.78, 5) is 35.8. The zero-order valence-corrected chi connectivity index (χ0v) is 15.4. The highest BCUT2D eigenvalue weighted by atomic mass is 16.5. The fraction of sp³-hybridized carbons (Fsp3) is 0.250. The van der Waals surface area contributed by atoms with Crippen molar-refractivity contribution in [2.45, 2.75) is 20.0 Å². The van der Waals surface area contributed by atoms with Crippen LogP contribution >= 0.6 is 0 Å². The van der Waals surface area contributed by atoms with E-state index in [1.807, 2.05) is 0 Å². The lowest BCUT2D eigenvalue weighted by Crippen LogP contribution is -2.21. The maximum atomic E-state index is 12.1. The van der Waals surface area contributed by atoms with Crippen LogP contribution in [0.15, 0.2) is 48.5 Å². The van der Waals surface area contributed by atoms with Crippen molar-refractivity contribution < 1.29 is 23.9 Å². The molecule has 142 valence electrons. The molecule has 2 aromatic carbocycles. The van der Waals surface area contributed by atoms with E-state index in [1.54, 1.807) is 69.4 Å². The summed E-state index contributed by atoms with van der Waals surface area (Å²) in [5.74, 6) is -1.51. The zero-order valence-electron chi connectivity index (χ0n) is 15.4. The van der Waals surface area contributed by atoms with Crippen LogP contribution in [0.2, 0.25) is 0 Å². The van der Waals surface area contributed by atoms with Crippen molar-refractivity contribution in [1.82, 2.24) is 0 Å². The lowest BCUT2D eigenvalue weighted by atomic mass is 10.2. The number of para-hydroxylation sites is 1. The van der Waals surface area contributed by atoms with Crippen LogP contribution in [0, 0.1) is 0 Å². The minimum atomic E-state index is -0.595. The molecule has 0 saturated heterocycles. The van der Waals surface area contributed by atoms with Gasteiger partial charge in [0.1, 0.15) is 0 Å². The number of esters is 2. The second-order valence-corrected chi connectivity index (χ2v) is 5.95. The number of carbonyl (C=O) groups excluding carboxylic acids is 3. The van der Waals surface area contributed by atoms with Crippen LogP contribution in [-0.2, 0) is 14.3 Å². The third kappa shape index (κ3) is 5.85. The molecule has 0 radical (unpaired) electrons. The summed E-state index contributed by atoms with van der Waals surface area (Å²) in [6.45, 7) is 3.11. The average Bonchev–Trinajstić information content (AvgIpc) is 2.66. The normalized spacial score (nSPS) is 10.2. The molecule has 0 heterocycles. The maximum Gasteiger partial charge on any atom is 0.340 e. The van der Waals surface area contributed by atoms with Crippen LogP contribution in [0.1, 0.15) is 34.6 Å². The highest BCUT2D eigenvalue weighted by Gasteiger charge is 2.14. The van der Waals surface area contributed by atoms with Gasteiger partial charge >= 0.3 is 11.9 Å². The van der Waals surface area contributed by atoms with Gasteiger partial charge in [-0.05, 0) is 50.2 Å². The molecule has 0 aromatic heterocycles. The molecule has 27 heavy (non-hydrogen) atoms. The Labute approximate surface area is 157 Å². The van der Waals surface area contributed by atoms with E-state index in [1.165, 1.54) is 0 Å². The quantitative estimate of drug-likeness (QED) is 0.728. The first-order chi connectivity index (χ1) is 12.9. The Bertz CT molecular complexity index is 815. The number of hydrogen-bond acceptors (Lipinski definition) is 6. The van der Waals surface area contributed by atoms with E-state index in [2.05, 4.69) is 10.6 Å². The highest BCUT2D eigenvalue weighted by Crippen LogP contribution is 2.15. The van der Waals surface area contributed by atoms with E-state index < -0.39 is 24.5 Å². The summed E-state index contributed by atoms with van der Waals surface area (Å²) >= 11 is 0. The zero-order chi connectivity index (χ0) is 19.8. The molecule has 0 unspecified atom stereocenters. The molecular weight excluding hydrogens is 348 g/mol. The Morgan fingerprint density at radius 3 is 2.26 bits per heavy atom. The van der Waals surface area contributed by atoms with Crippen LogP contribution in [0.3, 0.4) is 0 Å². The Morgan fingerprint density at radius 2 is 1.63 bits per heavy atom. The van der Waals surface area contributed by atoms with E-state index in [9.17, 15) is 14.4 Å². The predicted molar refractivity (Wildman–Crippen MR) is 102 cm³/mol. The number of ether oxygens (including phenoxy) is 2. The highest BCUT2D eigenvalue weighted by molar-refractivity contribution is 5.98. The molecule has 7 nitrogen and oxygen atoms in total. The molecule has 0 atom stereocenters. The van der Waals surface area contributed by atoms with Crippen molar-refractivity contribution in [1.29, 1.82) is 0 Å². The van der Waals surface area contributed by atoms with Gasteiger partial charge < -0.3 is 20.1 Å². The van der Waals surface area contributed by atoms with Crippen LogP contribution in [0.25, 0.3) is 0 Å². The van der Waals surface area contributed by atoms with Crippen molar-refractivity contribution in [3.8, 4) is 0 Å². The van der Waals surface area contributed by atoms with E-state index in [-0.39, 0.29) is 6.10 Å². The monoisotopic (exact) mass is 370 g/mol. The molecule has 2 rings (SSSR count). The van der Waals surface area contributed by atoms with Gasteiger partial charge in [-0.3, -0.25) is 4.79 Å². The molecular formula is C20H22N2O5. The third-order valence-corrected chi connectivity index (χ3v) is 3.50. The maximum absolute atomic E-state index is 12.1. The van der Waals surface area contributed by atoms with Gasteiger partial charge in [0.25, 0.3) is 5.91 Å². The van der Waals surface area contributed by atoms with Crippen molar-refractivity contribution in [3.05, 3.63) is 59.7 Å². The molecule has 1 amide bonds. The van der Waals surface area contributed by atoms with Gasteiger partial charge in [0.05, 0.1) is 17.2 Å². The van der Waals surface area contributed by atoms with Gasteiger partial charge in [-0.25, -0.2) is 9.59 Å². The summed E-state index contributed by atoms with van der Waals surface area (Å²) in [7, 11) is 1.69. The Morgan fingerprint density at radius 1 is 0.963 bits per heavy atom. The van der Waals surface area contributed by atoms with Gasteiger partial charge in [-0.15, -0.1) is 0 Å². The second kappa shape index (κ2) is 9.38. The van der Waals surface area contributed by atoms with Crippen LogP contribution in [0.4, 0.5) is 11.4 Å². The van der Waals surface area contributed by atoms with Gasteiger partial charge in [-0.1, -0.05) is 12.1 Å². The van der Waals surface area contributed by atoms with Crippen LogP contribution in [-0.4, -0.2) is 37.6 Å². The van der Waals surface area contributed by atoms with Gasteiger partial charge in [0, 0.05) is 18.4 Å². The van der Waals surface area contributed by atoms with Gasteiger partial charge in [0.2, 0.25) is 0 Å². The smallest absolute Gasteiger partial charge is 0.340 e.